The fourth-order valence-electron chi connectivity index (χ4n) is 8.19. The van der Waals surface area contributed by atoms with E-state index in [1.54, 1.807) is 27.7 Å². The molecule has 4 aliphatic carbocycles. The van der Waals surface area contributed by atoms with Crippen LogP contribution in [-0.2, 0) is 9.53 Å². The first kappa shape index (κ1) is 23.4. The van der Waals surface area contributed by atoms with Gasteiger partial charge in [0.2, 0.25) is 0 Å². The maximum Gasteiger partial charge on any atom is 0.334 e. The predicted molar refractivity (Wildman–Crippen MR) is 110 cm³/mol. The van der Waals surface area contributed by atoms with Crippen LogP contribution in [0.15, 0.2) is 0 Å². The summed E-state index contributed by atoms with van der Waals surface area (Å²) in [6, 6.07) is 0. The Morgan fingerprint density at radius 3 is 2.19 bits per heavy atom. The second kappa shape index (κ2) is 6.64. The monoisotopic (exact) mass is 442 g/mol. The topological polar surface area (TPSA) is 148 Å². The fourth-order valence-corrected chi connectivity index (χ4v) is 8.19. The van der Waals surface area contributed by atoms with Crippen LogP contribution < -0.4 is 0 Å². The van der Waals surface area contributed by atoms with Gasteiger partial charge in [-0.3, -0.25) is 0 Å². The van der Waals surface area contributed by atoms with E-state index >= 15 is 0 Å². The van der Waals surface area contributed by atoms with E-state index < -0.39 is 75.8 Å². The highest BCUT2D eigenvalue weighted by Crippen LogP contribution is 2.70. The minimum Gasteiger partial charge on any atom is -0.459 e. The summed E-state index contributed by atoms with van der Waals surface area (Å²) < 4.78 is 5.76. The van der Waals surface area contributed by atoms with Crippen LogP contribution in [0.2, 0.25) is 0 Å². The third kappa shape index (κ3) is 2.78. The Hall–Kier alpha value is -0.770. The van der Waals surface area contributed by atoms with E-state index in [1.807, 2.05) is 0 Å². The van der Waals surface area contributed by atoms with Gasteiger partial charge in [-0.1, -0.05) is 13.8 Å². The molecule has 0 heterocycles. The number of hydrogen-bond acceptors (Lipinski definition) is 8. The van der Waals surface area contributed by atoms with Gasteiger partial charge in [0.15, 0.2) is 0 Å². The van der Waals surface area contributed by atoms with Crippen molar-refractivity contribution < 1.29 is 40.2 Å². The van der Waals surface area contributed by atoms with Crippen molar-refractivity contribution in [2.45, 2.75) is 108 Å². The van der Waals surface area contributed by atoms with Crippen molar-refractivity contribution in [3.8, 4) is 0 Å². The molecule has 0 aromatic rings. The SMILES string of the molecule is CC(O)C(=O)OC1[C@@H]2CC[C@@H]3C1(C[C@H](O)[C@@]1(O)[C@@H](C[C@H](O)C1(C)C)[C@]3(C)O)C[C@@]2(C)O. The minimum absolute atomic E-state index is 0.0153. The molecule has 0 aliphatic heterocycles. The average Bonchev–Trinajstić information content (AvgIpc) is 2.87. The van der Waals surface area contributed by atoms with Crippen molar-refractivity contribution >= 4 is 5.97 Å². The molecular formula is C23H38O8. The largest absolute Gasteiger partial charge is 0.459 e. The van der Waals surface area contributed by atoms with Crippen LogP contribution in [0.4, 0.5) is 0 Å². The lowest BCUT2D eigenvalue weighted by atomic mass is 9.57. The van der Waals surface area contributed by atoms with Gasteiger partial charge in [-0.05, 0) is 58.8 Å². The highest BCUT2D eigenvalue weighted by atomic mass is 16.6. The lowest BCUT2D eigenvalue weighted by Gasteiger charge is -2.52. The summed E-state index contributed by atoms with van der Waals surface area (Å²) in [7, 11) is 0. The molecule has 4 aliphatic rings. The molecule has 4 rings (SSSR count). The van der Waals surface area contributed by atoms with Crippen molar-refractivity contribution in [2.75, 3.05) is 0 Å². The Bertz CT molecular complexity index is 761. The molecule has 0 radical (unpaired) electrons. The Labute approximate surface area is 183 Å². The highest BCUT2D eigenvalue weighted by molar-refractivity contribution is 5.74. The number of aliphatic hydroxyl groups is 6. The van der Waals surface area contributed by atoms with Gasteiger partial charge in [-0.15, -0.1) is 0 Å². The van der Waals surface area contributed by atoms with Gasteiger partial charge in [-0.2, -0.15) is 0 Å². The molecule has 2 bridgehead atoms. The molecular weight excluding hydrogens is 404 g/mol. The number of fused-ring (bicyclic) bond motifs is 2. The van der Waals surface area contributed by atoms with Crippen LogP contribution in [0, 0.1) is 28.6 Å². The van der Waals surface area contributed by atoms with E-state index in [0.29, 0.717) is 12.8 Å². The van der Waals surface area contributed by atoms with Crippen molar-refractivity contribution in [3.05, 3.63) is 0 Å². The predicted octanol–water partition coefficient (Wildman–Crippen LogP) is 0.1000. The summed E-state index contributed by atoms with van der Waals surface area (Å²) in [5.41, 5.74) is -6.48. The lowest BCUT2D eigenvalue weighted by molar-refractivity contribution is -0.203. The fraction of sp³-hybridized carbons (Fsp3) is 0.957. The van der Waals surface area contributed by atoms with E-state index in [-0.39, 0.29) is 19.3 Å². The molecule has 1 spiro atoms. The van der Waals surface area contributed by atoms with Gasteiger partial charge in [0.05, 0.1) is 23.4 Å². The third-order valence-electron chi connectivity index (χ3n) is 9.81. The summed E-state index contributed by atoms with van der Waals surface area (Å²) in [5.74, 6) is -2.48. The second-order valence-electron chi connectivity index (χ2n) is 11.8. The standard InChI is InChI=1S/C23H38O8/c1-11(24)18(27)31-17-12-6-7-13-21(5,29)14-8-15(25)19(2,3)23(14,30)16(26)9-22(13,17)10-20(12,4)28/h11-17,24-26,28-30H,6-10H2,1-5H3/t11?,12-,13-,14-,15-,16-,17?,20+,21+,22?,23-/m0/s1. The number of carbonyl (C=O) groups is 1. The highest BCUT2D eigenvalue weighted by Gasteiger charge is 2.77. The number of hydrogen-bond donors (Lipinski definition) is 6. The van der Waals surface area contributed by atoms with Crippen LogP contribution in [0.1, 0.15) is 66.7 Å². The summed E-state index contributed by atoms with van der Waals surface area (Å²) in [4.78, 5) is 12.4. The van der Waals surface area contributed by atoms with Gasteiger partial charge in [0.1, 0.15) is 17.8 Å². The molecule has 3 unspecified atom stereocenters. The van der Waals surface area contributed by atoms with E-state index in [4.69, 9.17) is 4.74 Å². The Kier molecular flexibility index (Phi) is 5.01. The van der Waals surface area contributed by atoms with Crippen LogP contribution in [-0.4, -0.2) is 77.8 Å². The summed E-state index contributed by atoms with van der Waals surface area (Å²) >= 11 is 0. The van der Waals surface area contributed by atoms with Gasteiger partial charge < -0.3 is 35.4 Å². The van der Waals surface area contributed by atoms with Gasteiger partial charge in [0, 0.05) is 22.7 Å². The molecule has 8 nitrogen and oxygen atoms in total. The molecule has 4 saturated carbocycles. The van der Waals surface area contributed by atoms with E-state index in [2.05, 4.69) is 0 Å². The smallest absolute Gasteiger partial charge is 0.334 e. The molecule has 31 heavy (non-hydrogen) atoms. The molecule has 8 heteroatoms. The Balaban J connectivity index is 1.87. The molecule has 0 amide bonds. The molecule has 6 N–H and O–H groups in total. The summed E-state index contributed by atoms with van der Waals surface area (Å²) in [6.07, 6.45) is -2.96. The zero-order valence-electron chi connectivity index (χ0n) is 19.1. The number of carbonyl (C=O) groups excluding carboxylic acids is 1. The van der Waals surface area contributed by atoms with Crippen LogP contribution in [0.5, 0.6) is 0 Å². The van der Waals surface area contributed by atoms with Crippen LogP contribution >= 0.6 is 0 Å². The summed E-state index contributed by atoms with van der Waals surface area (Å²) in [5, 5.41) is 67.0. The van der Waals surface area contributed by atoms with Gasteiger partial charge in [-0.25, -0.2) is 4.79 Å². The van der Waals surface area contributed by atoms with E-state index in [9.17, 15) is 35.4 Å². The first-order valence-corrected chi connectivity index (χ1v) is 11.5. The third-order valence-corrected chi connectivity index (χ3v) is 9.81. The van der Waals surface area contributed by atoms with Gasteiger partial charge in [0.25, 0.3) is 0 Å². The maximum absolute atomic E-state index is 12.4. The molecule has 11 atom stereocenters. The first-order chi connectivity index (χ1) is 14.0. The number of rotatable bonds is 2. The van der Waals surface area contributed by atoms with Gasteiger partial charge >= 0.3 is 5.97 Å². The zero-order chi connectivity index (χ0) is 23.4. The summed E-state index contributed by atoms with van der Waals surface area (Å²) in [6.45, 7) is 8.04. The minimum atomic E-state index is -1.76. The number of esters is 1. The second-order valence-corrected chi connectivity index (χ2v) is 11.8. The van der Waals surface area contributed by atoms with Crippen molar-refractivity contribution in [2.24, 2.45) is 28.6 Å². The molecule has 178 valence electrons. The average molecular weight is 443 g/mol. The number of aliphatic hydroxyl groups excluding tert-OH is 3. The Morgan fingerprint density at radius 2 is 1.61 bits per heavy atom. The number of ether oxygens (including phenoxy) is 1. The van der Waals surface area contributed by atoms with E-state index in [1.165, 1.54) is 6.92 Å². The van der Waals surface area contributed by atoms with Crippen molar-refractivity contribution in [1.29, 1.82) is 0 Å². The maximum atomic E-state index is 12.4. The van der Waals surface area contributed by atoms with Crippen molar-refractivity contribution in [1.82, 2.24) is 0 Å². The van der Waals surface area contributed by atoms with E-state index in [0.717, 1.165) is 0 Å². The van der Waals surface area contributed by atoms with Crippen molar-refractivity contribution in [3.63, 3.8) is 0 Å². The lowest BCUT2D eigenvalue weighted by Crippen LogP contribution is -2.60. The normalized spacial score (nSPS) is 56.4. The molecule has 4 fully saturated rings. The molecule has 0 saturated heterocycles. The molecule has 0 aromatic carbocycles. The van der Waals surface area contributed by atoms with Crippen LogP contribution in [0.25, 0.3) is 0 Å². The zero-order valence-corrected chi connectivity index (χ0v) is 19.1. The van der Waals surface area contributed by atoms with Crippen LogP contribution in [0.3, 0.4) is 0 Å². The quantitative estimate of drug-likeness (QED) is 0.330. The first-order valence-electron chi connectivity index (χ1n) is 11.5. The Morgan fingerprint density at radius 1 is 1.00 bits per heavy atom. The molecule has 0 aromatic heterocycles.